The van der Waals surface area contributed by atoms with Crippen LogP contribution in [0.15, 0.2) is 36.4 Å². The van der Waals surface area contributed by atoms with Gasteiger partial charge in [-0.05, 0) is 18.4 Å². The number of aliphatic hydroxyl groups is 1. The van der Waals surface area contributed by atoms with Crippen molar-refractivity contribution >= 4 is 11.8 Å². The van der Waals surface area contributed by atoms with Crippen LogP contribution in [0, 0.1) is 0 Å². The molecule has 1 aromatic heterocycles. The van der Waals surface area contributed by atoms with Crippen molar-refractivity contribution in [2.75, 3.05) is 26.7 Å². The van der Waals surface area contributed by atoms with Gasteiger partial charge in [-0.1, -0.05) is 30.3 Å². The molecule has 2 aromatic rings. The number of carbonyl (C=O) groups excluding carboxylic acids is 2. The lowest BCUT2D eigenvalue weighted by Gasteiger charge is -2.38. The number of piperidine rings is 1. The Kier molecular flexibility index (Phi) is 4.47. The maximum Gasteiger partial charge on any atom is 0.274 e. The summed E-state index contributed by atoms with van der Waals surface area (Å²) in [5.74, 6) is -0.280. The molecule has 0 atom stereocenters. The van der Waals surface area contributed by atoms with Crippen molar-refractivity contribution < 1.29 is 14.7 Å². The molecule has 1 aromatic carbocycles. The van der Waals surface area contributed by atoms with Crippen LogP contribution in [0.1, 0.15) is 39.4 Å². The third-order valence-electron chi connectivity index (χ3n) is 5.57. The molecule has 1 N–H and O–H groups in total. The molecule has 142 valence electrons. The second-order valence-corrected chi connectivity index (χ2v) is 7.54. The van der Waals surface area contributed by atoms with Gasteiger partial charge in [0.05, 0.1) is 12.1 Å². The number of fused-ring (bicyclic) bond motifs is 1. The third kappa shape index (κ3) is 3.47. The monoisotopic (exact) mass is 368 g/mol. The lowest BCUT2D eigenvalue weighted by Crippen LogP contribution is -2.47. The topological polar surface area (TPSA) is 78.7 Å². The van der Waals surface area contributed by atoms with Crippen molar-refractivity contribution in [3.05, 3.63) is 53.3 Å². The molecule has 0 radical (unpaired) electrons. The van der Waals surface area contributed by atoms with E-state index in [1.807, 2.05) is 30.3 Å². The standard InChI is InChI=1S/C20H24N4O3/c1-22-11-12-24-17(19(22)26)13-16(21-24)18(25)23-9-7-20(27,8-10-23)14-15-5-3-2-4-6-15/h2-6,13,27H,7-12,14H2,1H3. The van der Waals surface area contributed by atoms with Gasteiger partial charge in [0.2, 0.25) is 0 Å². The SMILES string of the molecule is CN1CCn2nc(C(=O)N3CCC(O)(Cc4ccccc4)CC3)cc2C1=O. The zero-order valence-corrected chi connectivity index (χ0v) is 15.5. The molecular weight excluding hydrogens is 344 g/mol. The zero-order valence-electron chi connectivity index (χ0n) is 15.5. The Hall–Kier alpha value is -2.67. The van der Waals surface area contributed by atoms with Crippen LogP contribution < -0.4 is 0 Å². The van der Waals surface area contributed by atoms with Gasteiger partial charge in [-0.3, -0.25) is 14.3 Å². The molecule has 0 saturated carbocycles. The molecular formula is C20H24N4O3. The van der Waals surface area contributed by atoms with E-state index in [-0.39, 0.29) is 11.8 Å². The number of rotatable bonds is 3. The molecule has 2 aliphatic heterocycles. The van der Waals surface area contributed by atoms with Gasteiger partial charge >= 0.3 is 0 Å². The fourth-order valence-electron chi connectivity index (χ4n) is 3.85. The Morgan fingerprint density at radius 3 is 2.56 bits per heavy atom. The summed E-state index contributed by atoms with van der Waals surface area (Å²) < 4.78 is 1.62. The van der Waals surface area contributed by atoms with E-state index >= 15 is 0 Å². The van der Waals surface area contributed by atoms with Gasteiger partial charge in [-0.25, -0.2) is 0 Å². The number of likely N-dealkylation sites (tertiary alicyclic amines) is 1. The number of benzene rings is 1. The van der Waals surface area contributed by atoms with Crippen molar-refractivity contribution in [1.82, 2.24) is 19.6 Å². The molecule has 2 amide bonds. The van der Waals surface area contributed by atoms with E-state index in [2.05, 4.69) is 5.10 Å². The summed E-state index contributed by atoms with van der Waals surface area (Å²) in [5.41, 5.74) is 1.08. The summed E-state index contributed by atoms with van der Waals surface area (Å²) in [6, 6.07) is 11.5. The molecule has 0 spiro atoms. The summed E-state index contributed by atoms with van der Waals surface area (Å²) in [6.07, 6.45) is 1.65. The van der Waals surface area contributed by atoms with Crippen LogP contribution in [0.3, 0.4) is 0 Å². The number of aromatic nitrogens is 2. The number of hydrogen-bond donors (Lipinski definition) is 1. The Bertz CT molecular complexity index is 853. The summed E-state index contributed by atoms with van der Waals surface area (Å²) in [4.78, 5) is 28.4. The van der Waals surface area contributed by atoms with E-state index in [4.69, 9.17) is 0 Å². The molecule has 0 unspecified atom stereocenters. The fraction of sp³-hybridized carbons (Fsp3) is 0.450. The lowest BCUT2D eigenvalue weighted by molar-refractivity contribution is -0.0164. The average molecular weight is 368 g/mol. The number of nitrogens with zero attached hydrogens (tertiary/aromatic N) is 4. The average Bonchev–Trinajstić information content (AvgIpc) is 3.10. The van der Waals surface area contributed by atoms with Crippen LogP contribution in [0.25, 0.3) is 0 Å². The first-order valence-corrected chi connectivity index (χ1v) is 9.34. The Morgan fingerprint density at radius 1 is 1.15 bits per heavy atom. The van der Waals surface area contributed by atoms with E-state index < -0.39 is 5.60 Å². The number of carbonyl (C=O) groups is 2. The van der Waals surface area contributed by atoms with Gasteiger partial charge in [-0.15, -0.1) is 0 Å². The van der Waals surface area contributed by atoms with Crippen molar-refractivity contribution in [2.24, 2.45) is 0 Å². The fourth-order valence-corrected chi connectivity index (χ4v) is 3.85. The van der Waals surface area contributed by atoms with Crippen LogP contribution in [-0.2, 0) is 13.0 Å². The van der Waals surface area contributed by atoms with Crippen LogP contribution in [0.5, 0.6) is 0 Å². The molecule has 0 bridgehead atoms. The molecule has 0 aliphatic carbocycles. The van der Waals surface area contributed by atoms with Crippen LogP contribution in [0.4, 0.5) is 0 Å². The number of amides is 2. The Balaban J connectivity index is 1.42. The molecule has 2 aliphatic rings. The lowest BCUT2D eigenvalue weighted by atomic mass is 9.85. The van der Waals surface area contributed by atoms with Gasteiger partial charge in [0.25, 0.3) is 11.8 Å². The molecule has 1 saturated heterocycles. The highest BCUT2D eigenvalue weighted by Crippen LogP contribution is 2.27. The first-order chi connectivity index (χ1) is 13.0. The van der Waals surface area contributed by atoms with Crippen molar-refractivity contribution in [2.45, 2.75) is 31.4 Å². The Morgan fingerprint density at radius 2 is 1.85 bits per heavy atom. The van der Waals surface area contributed by atoms with Crippen LogP contribution >= 0.6 is 0 Å². The van der Waals surface area contributed by atoms with Gasteiger partial charge in [-0.2, -0.15) is 5.10 Å². The van der Waals surface area contributed by atoms with Gasteiger partial charge in [0.1, 0.15) is 5.69 Å². The maximum atomic E-state index is 12.8. The normalized spacial score (nSPS) is 19.1. The molecule has 4 rings (SSSR count). The maximum absolute atomic E-state index is 12.8. The Labute approximate surface area is 158 Å². The predicted molar refractivity (Wildman–Crippen MR) is 99.4 cm³/mol. The largest absolute Gasteiger partial charge is 0.389 e. The molecule has 27 heavy (non-hydrogen) atoms. The second kappa shape index (κ2) is 6.81. The summed E-state index contributed by atoms with van der Waals surface area (Å²) in [6.45, 7) is 2.16. The molecule has 1 fully saturated rings. The van der Waals surface area contributed by atoms with Crippen molar-refractivity contribution in [1.29, 1.82) is 0 Å². The van der Waals surface area contributed by atoms with E-state index in [1.165, 1.54) is 0 Å². The minimum Gasteiger partial charge on any atom is -0.389 e. The summed E-state index contributed by atoms with van der Waals surface area (Å²) in [5, 5.41) is 15.2. The molecule has 7 nitrogen and oxygen atoms in total. The van der Waals surface area contributed by atoms with E-state index in [9.17, 15) is 14.7 Å². The second-order valence-electron chi connectivity index (χ2n) is 7.54. The molecule has 3 heterocycles. The highest BCUT2D eigenvalue weighted by molar-refractivity contribution is 5.98. The minimum absolute atomic E-state index is 0.108. The van der Waals surface area contributed by atoms with E-state index in [0.717, 1.165) is 5.56 Å². The smallest absolute Gasteiger partial charge is 0.274 e. The third-order valence-corrected chi connectivity index (χ3v) is 5.57. The van der Waals surface area contributed by atoms with Crippen LogP contribution in [-0.4, -0.2) is 68.8 Å². The first-order valence-electron chi connectivity index (χ1n) is 9.34. The highest BCUT2D eigenvalue weighted by Gasteiger charge is 2.35. The van der Waals surface area contributed by atoms with Gasteiger partial charge < -0.3 is 14.9 Å². The van der Waals surface area contributed by atoms with Crippen molar-refractivity contribution in [3.63, 3.8) is 0 Å². The number of likely N-dealkylation sites (N-methyl/N-ethyl adjacent to an activating group) is 1. The van der Waals surface area contributed by atoms with Crippen molar-refractivity contribution in [3.8, 4) is 0 Å². The van der Waals surface area contributed by atoms with Gasteiger partial charge in [0, 0.05) is 39.2 Å². The first kappa shape index (κ1) is 17.7. The van der Waals surface area contributed by atoms with Crippen LogP contribution in [0.2, 0.25) is 0 Å². The zero-order chi connectivity index (χ0) is 19.0. The minimum atomic E-state index is -0.787. The number of hydrogen-bond acceptors (Lipinski definition) is 4. The molecule has 7 heteroatoms. The summed E-state index contributed by atoms with van der Waals surface area (Å²) in [7, 11) is 1.75. The highest BCUT2D eigenvalue weighted by atomic mass is 16.3. The predicted octanol–water partition coefficient (Wildman–Crippen LogP) is 1.18. The van der Waals surface area contributed by atoms with Gasteiger partial charge in [0.15, 0.2) is 5.69 Å². The quantitative estimate of drug-likeness (QED) is 0.882. The van der Waals surface area contributed by atoms with E-state index in [0.29, 0.717) is 56.8 Å². The van der Waals surface area contributed by atoms with E-state index in [1.54, 1.807) is 27.6 Å². The summed E-state index contributed by atoms with van der Waals surface area (Å²) >= 11 is 0.